The van der Waals surface area contributed by atoms with Crippen LogP contribution in [0, 0.1) is 12.4 Å². The van der Waals surface area contributed by atoms with Crippen molar-refractivity contribution in [3.8, 4) is 22.5 Å². The Bertz CT molecular complexity index is 1010. The molecule has 4 aromatic heterocycles. The smallest absolute Gasteiger partial charge is 0.343 e. The van der Waals surface area contributed by atoms with Crippen molar-refractivity contribution in [1.29, 1.82) is 0 Å². The maximum atomic E-state index is 4.86. The molecule has 0 aliphatic heterocycles. The van der Waals surface area contributed by atoms with E-state index in [9.17, 15) is 0 Å². The van der Waals surface area contributed by atoms with Crippen molar-refractivity contribution in [2.75, 3.05) is 0 Å². The van der Waals surface area contributed by atoms with Crippen LogP contribution in [0.1, 0.15) is 25.2 Å². The van der Waals surface area contributed by atoms with Crippen LogP contribution in [-0.4, -0.2) is 29.5 Å². The second-order valence-electron chi connectivity index (χ2n) is 7.03. The minimum atomic E-state index is -0.365. The summed E-state index contributed by atoms with van der Waals surface area (Å²) in [5.41, 5.74) is 4.98. The third-order valence-corrected chi connectivity index (χ3v) is 4.62. The van der Waals surface area contributed by atoms with Gasteiger partial charge in [-0.15, -0.1) is 11.1 Å². The van der Waals surface area contributed by atoms with E-state index in [0.29, 0.717) is 0 Å². The average Bonchev–Trinajstić information content (AvgIpc) is 3.30. The normalized spacial score (nSPS) is 11.3. The van der Waals surface area contributed by atoms with Crippen LogP contribution in [0.15, 0.2) is 48.8 Å². The molecule has 28 heavy (non-hydrogen) atoms. The molecule has 4 aromatic rings. The summed E-state index contributed by atoms with van der Waals surface area (Å²) in [5, 5.41) is 8.38. The molecule has 0 saturated heterocycles. The SMILES string of the molecule is Cn1[c-]c(-c2cccc(C(C)(C)c3cccc(-c4[c-]n(C)nc4)n3)n2)cn1.[Pt+2]. The summed E-state index contributed by atoms with van der Waals surface area (Å²) in [6, 6.07) is 12.0. The second kappa shape index (κ2) is 7.80. The van der Waals surface area contributed by atoms with Crippen molar-refractivity contribution in [2.24, 2.45) is 14.1 Å². The fraction of sp³-hybridized carbons (Fsp3) is 0.238. The summed E-state index contributed by atoms with van der Waals surface area (Å²) in [4.78, 5) is 9.72. The van der Waals surface area contributed by atoms with Crippen LogP contribution in [0.2, 0.25) is 0 Å². The van der Waals surface area contributed by atoms with Gasteiger partial charge in [-0.3, -0.25) is 10.2 Å². The van der Waals surface area contributed by atoms with Gasteiger partial charge in [0.05, 0.1) is 0 Å². The Morgan fingerprint density at radius 2 is 1.18 bits per heavy atom. The van der Waals surface area contributed by atoms with Gasteiger partial charge >= 0.3 is 21.1 Å². The van der Waals surface area contributed by atoms with E-state index in [1.165, 1.54) is 0 Å². The van der Waals surface area contributed by atoms with Gasteiger partial charge in [-0.2, -0.15) is 0 Å². The zero-order valence-corrected chi connectivity index (χ0v) is 18.4. The molecular formula is C21H20N6Pt. The van der Waals surface area contributed by atoms with Crippen molar-refractivity contribution in [3.05, 3.63) is 72.6 Å². The summed E-state index contributed by atoms with van der Waals surface area (Å²) in [5.74, 6) is 0. The number of hydrogen-bond acceptors (Lipinski definition) is 4. The van der Waals surface area contributed by atoms with Gasteiger partial charge in [-0.25, -0.2) is 0 Å². The van der Waals surface area contributed by atoms with Crippen LogP contribution < -0.4 is 0 Å². The first kappa shape index (κ1) is 20.2. The Morgan fingerprint density at radius 1 is 0.750 bits per heavy atom. The van der Waals surface area contributed by atoms with Gasteiger partial charge in [0.15, 0.2) is 0 Å². The maximum Gasteiger partial charge on any atom is 2.00 e. The van der Waals surface area contributed by atoms with Crippen LogP contribution in [0.25, 0.3) is 22.5 Å². The van der Waals surface area contributed by atoms with E-state index in [1.807, 2.05) is 50.5 Å². The van der Waals surface area contributed by atoms with Crippen LogP contribution in [0.5, 0.6) is 0 Å². The zero-order valence-electron chi connectivity index (χ0n) is 16.1. The summed E-state index contributed by atoms with van der Waals surface area (Å²) >= 11 is 0. The van der Waals surface area contributed by atoms with Gasteiger partial charge in [0, 0.05) is 30.9 Å². The molecule has 0 aliphatic carbocycles. The number of pyridine rings is 2. The van der Waals surface area contributed by atoms with E-state index in [1.54, 1.807) is 21.8 Å². The van der Waals surface area contributed by atoms with Gasteiger partial charge < -0.3 is 19.3 Å². The quantitative estimate of drug-likeness (QED) is 0.366. The van der Waals surface area contributed by atoms with Crippen LogP contribution >= 0.6 is 0 Å². The van der Waals surface area contributed by atoms with Crippen LogP contribution in [0.4, 0.5) is 0 Å². The molecule has 0 fully saturated rings. The Kier molecular flexibility index (Phi) is 5.61. The molecule has 0 atom stereocenters. The van der Waals surface area contributed by atoms with E-state index in [-0.39, 0.29) is 26.5 Å². The molecule has 0 radical (unpaired) electrons. The number of nitrogens with zero attached hydrogens (tertiary/aromatic N) is 6. The molecule has 0 aliphatic rings. The van der Waals surface area contributed by atoms with Gasteiger partial charge in [0.1, 0.15) is 0 Å². The molecule has 0 unspecified atom stereocenters. The number of rotatable bonds is 4. The van der Waals surface area contributed by atoms with E-state index in [2.05, 4.69) is 36.4 Å². The largest absolute Gasteiger partial charge is 2.00 e. The molecule has 0 aromatic carbocycles. The standard InChI is InChI=1S/C21H20N6.Pt/c1-21(2,19-9-5-7-17(24-19)15-11-22-26(3)13-15)20-10-6-8-18(25-20)16-12-23-27(4)14-16;/h5-12H,1-4H3;/q-2;+2. The summed E-state index contributed by atoms with van der Waals surface area (Å²) < 4.78 is 3.31. The van der Waals surface area contributed by atoms with E-state index < -0.39 is 0 Å². The molecule has 4 rings (SSSR count). The maximum absolute atomic E-state index is 4.86. The zero-order chi connectivity index (χ0) is 19.0. The molecule has 0 saturated carbocycles. The third-order valence-electron chi connectivity index (χ3n) is 4.62. The Hall–Kier alpha value is -2.59. The van der Waals surface area contributed by atoms with Gasteiger partial charge in [0.25, 0.3) is 0 Å². The minimum absolute atomic E-state index is 0. The number of aryl methyl sites for hydroxylation is 2. The van der Waals surface area contributed by atoms with Crippen molar-refractivity contribution in [3.63, 3.8) is 0 Å². The third kappa shape index (κ3) is 3.83. The number of hydrogen-bond donors (Lipinski definition) is 0. The monoisotopic (exact) mass is 551 g/mol. The Balaban J connectivity index is 0.00000225. The molecule has 144 valence electrons. The van der Waals surface area contributed by atoms with Gasteiger partial charge in [0.2, 0.25) is 0 Å². The van der Waals surface area contributed by atoms with Crippen LogP contribution in [-0.2, 0) is 40.6 Å². The summed E-state index contributed by atoms with van der Waals surface area (Å²) in [7, 11) is 3.70. The van der Waals surface area contributed by atoms with Crippen molar-refractivity contribution in [1.82, 2.24) is 29.5 Å². The molecule has 0 spiro atoms. The van der Waals surface area contributed by atoms with Gasteiger partial charge in [-0.1, -0.05) is 49.1 Å². The molecule has 7 heteroatoms. The Labute approximate surface area is 178 Å². The molecule has 0 amide bonds. The first-order valence-corrected chi connectivity index (χ1v) is 8.72. The second-order valence-corrected chi connectivity index (χ2v) is 7.03. The predicted molar refractivity (Wildman–Crippen MR) is 103 cm³/mol. The topological polar surface area (TPSA) is 61.4 Å². The average molecular weight is 552 g/mol. The fourth-order valence-electron chi connectivity index (χ4n) is 3.00. The molecule has 4 heterocycles. The van der Waals surface area contributed by atoms with Crippen molar-refractivity contribution >= 4 is 0 Å². The fourth-order valence-corrected chi connectivity index (χ4v) is 3.00. The molecule has 0 bridgehead atoms. The van der Waals surface area contributed by atoms with E-state index in [0.717, 1.165) is 33.9 Å². The van der Waals surface area contributed by atoms with E-state index >= 15 is 0 Å². The molecule has 6 nitrogen and oxygen atoms in total. The summed E-state index contributed by atoms with van der Waals surface area (Å²) in [6.07, 6.45) is 9.86. The Morgan fingerprint density at radius 3 is 1.54 bits per heavy atom. The van der Waals surface area contributed by atoms with Crippen molar-refractivity contribution in [2.45, 2.75) is 19.3 Å². The van der Waals surface area contributed by atoms with Crippen LogP contribution in [0.3, 0.4) is 0 Å². The van der Waals surface area contributed by atoms with Gasteiger partial charge in [-0.05, 0) is 37.4 Å². The summed E-state index contributed by atoms with van der Waals surface area (Å²) in [6.45, 7) is 4.26. The van der Waals surface area contributed by atoms with Crippen molar-refractivity contribution < 1.29 is 21.1 Å². The minimum Gasteiger partial charge on any atom is -0.343 e. The predicted octanol–water partition coefficient (Wildman–Crippen LogP) is 3.20. The number of aromatic nitrogens is 6. The first-order valence-electron chi connectivity index (χ1n) is 8.72. The van der Waals surface area contributed by atoms with E-state index in [4.69, 9.17) is 9.97 Å². The molecular weight excluding hydrogens is 531 g/mol. The molecule has 0 N–H and O–H groups in total. The first-order chi connectivity index (χ1) is 12.9.